The summed E-state index contributed by atoms with van der Waals surface area (Å²) >= 11 is 2.22. The number of hydrogen-bond acceptors (Lipinski definition) is 4. The van der Waals surface area contributed by atoms with E-state index in [0.717, 1.165) is 19.3 Å². The van der Waals surface area contributed by atoms with Crippen molar-refractivity contribution >= 4 is 32.6 Å². The van der Waals surface area contributed by atoms with Gasteiger partial charge in [0.2, 0.25) is 0 Å². The van der Waals surface area contributed by atoms with Gasteiger partial charge in [0.15, 0.2) is 0 Å². The van der Waals surface area contributed by atoms with Gasteiger partial charge in [0.1, 0.15) is 0 Å². The maximum absolute atomic E-state index is 11.7. The fourth-order valence-corrected chi connectivity index (χ4v) is 7.17. The topological polar surface area (TPSA) is 80.7 Å². The third-order valence-electron chi connectivity index (χ3n) is 3.55. The van der Waals surface area contributed by atoms with Gasteiger partial charge in [0.25, 0.3) is 0 Å². The van der Waals surface area contributed by atoms with Crippen molar-refractivity contribution in [1.82, 2.24) is 0 Å². The van der Waals surface area contributed by atoms with E-state index in [0.29, 0.717) is 0 Å². The minimum atomic E-state index is -4.28. The molecule has 1 unspecified atom stereocenters. The van der Waals surface area contributed by atoms with Gasteiger partial charge in [-0.15, -0.1) is 0 Å². The molecule has 5 nitrogen and oxygen atoms in total. The average molecular weight is 436 g/mol. The Hall–Kier alpha value is 0.539. The van der Waals surface area contributed by atoms with E-state index in [9.17, 15) is 12.6 Å². The summed E-state index contributed by atoms with van der Waals surface area (Å²) in [5.41, 5.74) is 0. The molecular formula is C15H32O5S2Se. The van der Waals surface area contributed by atoms with Crippen molar-refractivity contribution in [2.24, 2.45) is 0 Å². The summed E-state index contributed by atoms with van der Waals surface area (Å²) in [4.78, 5) is 0. The van der Waals surface area contributed by atoms with Gasteiger partial charge in [-0.1, -0.05) is 26.2 Å². The first-order valence-electron chi connectivity index (χ1n) is 8.59. The van der Waals surface area contributed by atoms with E-state index < -0.39 is 23.3 Å². The van der Waals surface area contributed by atoms with Crippen molar-refractivity contribution in [3.05, 3.63) is 0 Å². The van der Waals surface area contributed by atoms with Crippen molar-refractivity contribution in [3.63, 3.8) is 0 Å². The zero-order chi connectivity index (χ0) is 17.6. The Kier molecular flexibility index (Phi) is 14.1. The Morgan fingerprint density at radius 3 is 1.57 bits per heavy atom. The Labute approximate surface area is 149 Å². The fourth-order valence-electron chi connectivity index (χ4n) is 2.35. The van der Waals surface area contributed by atoms with E-state index >= 15 is 0 Å². The van der Waals surface area contributed by atoms with E-state index in [-0.39, 0.29) is 6.61 Å². The van der Waals surface area contributed by atoms with Gasteiger partial charge in [-0.05, 0) is 0 Å². The molecule has 0 aromatic heterocycles. The third-order valence-corrected chi connectivity index (χ3v) is 8.85. The molecule has 0 aromatic rings. The van der Waals surface area contributed by atoms with Crippen LogP contribution in [0.5, 0.6) is 0 Å². The molecule has 0 heterocycles. The van der Waals surface area contributed by atoms with Gasteiger partial charge < -0.3 is 0 Å². The summed E-state index contributed by atoms with van der Waals surface area (Å²) < 4.78 is 46.7. The van der Waals surface area contributed by atoms with Crippen LogP contribution in [0.25, 0.3) is 0 Å². The molecule has 0 spiro atoms. The van der Waals surface area contributed by atoms with Crippen LogP contribution in [-0.4, -0.2) is 43.3 Å². The van der Waals surface area contributed by atoms with Gasteiger partial charge in [-0.25, -0.2) is 0 Å². The molecule has 0 rings (SSSR count). The van der Waals surface area contributed by atoms with Gasteiger partial charge in [-0.3, -0.25) is 0 Å². The molecule has 8 heteroatoms. The predicted octanol–water partition coefficient (Wildman–Crippen LogP) is 3.83. The van der Waals surface area contributed by atoms with Gasteiger partial charge in [0.05, 0.1) is 0 Å². The van der Waals surface area contributed by atoms with Crippen LogP contribution in [0.1, 0.15) is 84.0 Å². The van der Waals surface area contributed by atoms with E-state index in [1.807, 2.05) is 0 Å². The molecule has 0 radical (unpaired) electrons. The predicted molar refractivity (Wildman–Crippen MR) is 97.3 cm³/mol. The van der Waals surface area contributed by atoms with Gasteiger partial charge in [0, 0.05) is 0 Å². The number of hydrogen-bond donors (Lipinski definition) is 1. The van der Waals surface area contributed by atoms with Crippen LogP contribution in [0.2, 0.25) is 0 Å². The molecule has 0 amide bonds. The van der Waals surface area contributed by atoms with Crippen molar-refractivity contribution in [2.75, 3.05) is 11.7 Å². The second kappa shape index (κ2) is 13.8. The Bertz CT molecular complexity index is 474. The molecule has 0 saturated heterocycles. The maximum atomic E-state index is 11.7. The fraction of sp³-hybridized carbons (Fsp3) is 1.00. The van der Waals surface area contributed by atoms with Crippen molar-refractivity contribution < 1.29 is 21.4 Å². The third kappa shape index (κ3) is 18.7. The molecule has 0 aliphatic rings. The molecule has 23 heavy (non-hydrogen) atoms. The summed E-state index contributed by atoms with van der Waals surface area (Å²) in [5, 5.41) is -0.877. The van der Waals surface area contributed by atoms with Crippen LogP contribution in [0.4, 0.5) is 0 Å². The van der Waals surface area contributed by atoms with Crippen LogP contribution in [0, 0.1) is 0 Å². The summed E-state index contributed by atoms with van der Waals surface area (Å²) in [6.07, 6.45) is 14.7. The number of unbranched alkanes of at least 4 members (excludes halogenated alkanes) is 11. The molecule has 0 bridgehead atoms. The Balaban J connectivity index is 3.37. The number of rotatable bonds is 16. The molecular weight excluding hydrogens is 403 g/mol. The Morgan fingerprint density at radius 1 is 0.783 bits per heavy atom. The molecule has 0 aromatic carbocycles. The molecule has 1 atom stereocenters. The van der Waals surface area contributed by atoms with E-state index in [1.165, 1.54) is 57.8 Å². The second-order valence-electron chi connectivity index (χ2n) is 5.97. The molecule has 140 valence electrons. The first-order valence-corrected chi connectivity index (χ1v) is 13.9. The Morgan fingerprint density at radius 2 is 1.17 bits per heavy atom. The molecule has 1 N–H and O–H groups in total. The van der Waals surface area contributed by atoms with Crippen LogP contribution >= 0.6 is 0 Å². The summed E-state index contributed by atoms with van der Waals surface area (Å²) in [7, 11) is -7.35. The SMILES string of the molecule is CCCCCCCCCCCCCCOS(=O)(=[Se])CS(=O)(=O)O. The average Bonchev–Trinajstić information content (AvgIpc) is 2.41. The molecule has 0 saturated carbocycles. The summed E-state index contributed by atoms with van der Waals surface area (Å²) in [5.74, 6) is 0. The van der Waals surface area contributed by atoms with E-state index in [4.69, 9.17) is 8.74 Å². The quantitative estimate of drug-likeness (QED) is 0.226. The van der Waals surface area contributed by atoms with E-state index in [2.05, 4.69) is 21.3 Å². The standard InChI is InChI=1S/C15H32O5S2Se/c1-2-3-4-5-6-7-8-9-10-11-12-13-14-20-22(19,23)15-21(16,17)18/h2-15H2,1H3,(H,16,17,18). The zero-order valence-electron chi connectivity index (χ0n) is 14.2. The minimum absolute atomic E-state index is 0.249. The van der Waals surface area contributed by atoms with Gasteiger partial charge >= 0.3 is 123 Å². The molecule has 0 aliphatic heterocycles. The zero-order valence-corrected chi connectivity index (χ0v) is 17.6. The van der Waals surface area contributed by atoms with Crippen LogP contribution in [0.15, 0.2) is 0 Å². The first-order chi connectivity index (χ1) is 10.8. The van der Waals surface area contributed by atoms with Crippen molar-refractivity contribution in [2.45, 2.75) is 84.0 Å². The van der Waals surface area contributed by atoms with Gasteiger partial charge in [-0.2, -0.15) is 0 Å². The second-order valence-corrected chi connectivity index (χ2v) is 12.6. The molecule has 0 aliphatic carbocycles. The van der Waals surface area contributed by atoms with Crippen molar-refractivity contribution in [3.8, 4) is 0 Å². The molecule has 0 fully saturated rings. The van der Waals surface area contributed by atoms with Crippen LogP contribution in [0.3, 0.4) is 0 Å². The summed E-state index contributed by atoms with van der Waals surface area (Å²) in [6.45, 7) is 2.48. The van der Waals surface area contributed by atoms with E-state index in [1.54, 1.807) is 0 Å². The first kappa shape index (κ1) is 23.5. The summed E-state index contributed by atoms with van der Waals surface area (Å²) in [6, 6.07) is 0. The monoisotopic (exact) mass is 436 g/mol. The van der Waals surface area contributed by atoms with Crippen molar-refractivity contribution in [1.29, 1.82) is 0 Å². The van der Waals surface area contributed by atoms with Crippen LogP contribution in [-0.2, 0) is 22.4 Å². The normalized spacial score (nSPS) is 14.7. The van der Waals surface area contributed by atoms with Crippen LogP contribution < -0.4 is 0 Å².